The molecule has 2 aromatic carbocycles. The van der Waals surface area contributed by atoms with E-state index < -0.39 is 16.0 Å². The number of amides is 1. The topological polar surface area (TPSA) is 85.6 Å². The lowest BCUT2D eigenvalue weighted by Crippen LogP contribution is -2.26. The first kappa shape index (κ1) is 15.3. The first-order valence-electron chi connectivity index (χ1n) is 6.75. The molecular weight excluding hydrogens is 318 g/mol. The number of nitrogens with one attached hydrogen (secondary N) is 1. The maximum Gasteiger partial charge on any atom is 0.317 e. The zero-order chi connectivity index (χ0) is 16.4. The van der Waals surface area contributed by atoms with Crippen molar-refractivity contribution in [3.8, 4) is 0 Å². The predicted molar refractivity (Wildman–Crippen MR) is 83.1 cm³/mol. The highest BCUT2D eigenvalue weighted by molar-refractivity contribution is 7.86. The maximum atomic E-state index is 12.0. The molecule has 0 saturated heterocycles. The molecule has 0 aliphatic carbocycles. The SMILES string of the molecule is Cc1ccc(S(=O)(=O)ONC(=O)c2cc3ccccc3o2)cc1. The molecule has 1 N–H and O–H groups in total. The predicted octanol–water partition coefficient (Wildman–Crippen LogP) is 2.79. The minimum Gasteiger partial charge on any atom is -0.451 e. The maximum absolute atomic E-state index is 12.0. The van der Waals surface area contributed by atoms with Gasteiger partial charge >= 0.3 is 16.0 Å². The van der Waals surface area contributed by atoms with Crippen LogP contribution >= 0.6 is 0 Å². The second-order valence-electron chi connectivity index (χ2n) is 4.93. The van der Waals surface area contributed by atoms with E-state index in [0.717, 1.165) is 10.9 Å². The van der Waals surface area contributed by atoms with Gasteiger partial charge in [0.1, 0.15) is 5.58 Å². The monoisotopic (exact) mass is 331 g/mol. The van der Waals surface area contributed by atoms with Crippen LogP contribution in [0.3, 0.4) is 0 Å². The Morgan fingerprint density at radius 3 is 2.48 bits per heavy atom. The highest BCUT2D eigenvalue weighted by atomic mass is 32.2. The fourth-order valence-electron chi connectivity index (χ4n) is 1.99. The van der Waals surface area contributed by atoms with Gasteiger partial charge in [0, 0.05) is 5.39 Å². The molecule has 0 bridgehead atoms. The van der Waals surface area contributed by atoms with Crippen LogP contribution in [-0.4, -0.2) is 14.3 Å². The van der Waals surface area contributed by atoms with Crippen LogP contribution in [-0.2, 0) is 14.4 Å². The molecule has 118 valence electrons. The summed E-state index contributed by atoms with van der Waals surface area (Å²) in [5.74, 6) is -0.817. The van der Waals surface area contributed by atoms with Crippen LogP contribution in [0, 0.1) is 6.92 Å². The van der Waals surface area contributed by atoms with E-state index in [2.05, 4.69) is 4.28 Å². The van der Waals surface area contributed by atoms with E-state index in [0.29, 0.717) is 5.58 Å². The smallest absolute Gasteiger partial charge is 0.317 e. The fraction of sp³-hybridized carbons (Fsp3) is 0.0625. The first-order chi connectivity index (χ1) is 11.0. The molecule has 6 nitrogen and oxygen atoms in total. The van der Waals surface area contributed by atoms with Gasteiger partial charge in [-0.1, -0.05) is 35.9 Å². The lowest BCUT2D eigenvalue weighted by molar-refractivity contribution is 0.0743. The second-order valence-corrected chi connectivity index (χ2v) is 6.48. The minimum absolute atomic E-state index is 0.0368. The van der Waals surface area contributed by atoms with E-state index in [4.69, 9.17) is 4.42 Å². The van der Waals surface area contributed by atoms with Crippen molar-refractivity contribution >= 4 is 27.0 Å². The number of hydrogen-bond acceptors (Lipinski definition) is 5. The van der Waals surface area contributed by atoms with Crippen molar-refractivity contribution in [3.05, 3.63) is 65.9 Å². The molecule has 3 rings (SSSR count). The van der Waals surface area contributed by atoms with Crippen LogP contribution in [0.15, 0.2) is 63.9 Å². The van der Waals surface area contributed by atoms with Gasteiger partial charge in [-0.05, 0) is 31.2 Å². The van der Waals surface area contributed by atoms with Gasteiger partial charge in [0.2, 0.25) is 0 Å². The third-order valence-corrected chi connectivity index (χ3v) is 4.36. The Hall–Kier alpha value is -2.64. The third kappa shape index (κ3) is 3.25. The summed E-state index contributed by atoms with van der Waals surface area (Å²) < 4.78 is 33.9. The standard InChI is InChI=1S/C16H13NO5S/c1-11-6-8-13(9-7-11)23(19,20)22-17-16(18)15-10-12-4-2-3-5-14(12)21-15/h2-10H,1H3,(H,17,18). The number of fused-ring (bicyclic) bond motifs is 1. The number of carbonyl (C=O) groups excluding carboxylic acids is 1. The van der Waals surface area contributed by atoms with E-state index in [-0.39, 0.29) is 10.7 Å². The van der Waals surface area contributed by atoms with Gasteiger partial charge in [0.05, 0.1) is 4.90 Å². The second kappa shape index (κ2) is 5.86. The van der Waals surface area contributed by atoms with Gasteiger partial charge in [-0.25, -0.2) is 5.48 Å². The molecule has 7 heteroatoms. The Morgan fingerprint density at radius 2 is 1.78 bits per heavy atom. The quantitative estimate of drug-likeness (QED) is 0.743. The molecule has 0 spiro atoms. The van der Waals surface area contributed by atoms with Crippen LogP contribution in [0.2, 0.25) is 0 Å². The Morgan fingerprint density at radius 1 is 1.09 bits per heavy atom. The van der Waals surface area contributed by atoms with Gasteiger partial charge in [-0.2, -0.15) is 8.42 Å². The molecule has 0 unspecified atom stereocenters. The third-order valence-electron chi connectivity index (χ3n) is 3.20. The van der Waals surface area contributed by atoms with E-state index in [1.165, 1.54) is 18.2 Å². The molecule has 0 atom stereocenters. The average molecular weight is 331 g/mol. The number of hydroxylamine groups is 1. The number of benzene rings is 2. The van der Waals surface area contributed by atoms with Crippen molar-refractivity contribution in [2.75, 3.05) is 0 Å². The van der Waals surface area contributed by atoms with Crippen molar-refractivity contribution in [2.24, 2.45) is 0 Å². The van der Waals surface area contributed by atoms with Gasteiger partial charge in [0.15, 0.2) is 5.76 Å². The molecule has 0 saturated carbocycles. The number of hydrogen-bond donors (Lipinski definition) is 1. The van der Waals surface area contributed by atoms with Crippen LogP contribution in [0.1, 0.15) is 16.1 Å². The first-order valence-corrected chi connectivity index (χ1v) is 8.15. The van der Waals surface area contributed by atoms with Gasteiger partial charge in [-0.15, -0.1) is 4.28 Å². The number of carbonyl (C=O) groups is 1. The molecule has 1 aromatic heterocycles. The van der Waals surface area contributed by atoms with E-state index in [9.17, 15) is 13.2 Å². The zero-order valence-corrected chi connectivity index (χ0v) is 13.0. The zero-order valence-electron chi connectivity index (χ0n) is 12.1. The van der Waals surface area contributed by atoms with Gasteiger partial charge in [0.25, 0.3) is 0 Å². The van der Waals surface area contributed by atoms with Crippen LogP contribution in [0.4, 0.5) is 0 Å². The van der Waals surface area contributed by atoms with E-state index in [1.54, 1.807) is 36.4 Å². The summed E-state index contributed by atoms with van der Waals surface area (Å²) >= 11 is 0. The van der Waals surface area contributed by atoms with Gasteiger partial charge < -0.3 is 4.42 Å². The van der Waals surface area contributed by atoms with Crippen molar-refractivity contribution in [2.45, 2.75) is 11.8 Å². The number of para-hydroxylation sites is 1. The molecule has 3 aromatic rings. The van der Waals surface area contributed by atoms with Crippen molar-refractivity contribution in [1.29, 1.82) is 0 Å². The number of furan rings is 1. The number of rotatable bonds is 4. The van der Waals surface area contributed by atoms with Crippen molar-refractivity contribution in [3.63, 3.8) is 0 Å². The Bertz CT molecular complexity index is 925. The molecular formula is C16H13NO5S. The summed E-state index contributed by atoms with van der Waals surface area (Å²) in [6, 6.07) is 14.6. The average Bonchev–Trinajstić information content (AvgIpc) is 2.97. The molecule has 1 heterocycles. The molecule has 0 aliphatic rings. The Balaban J connectivity index is 1.74. The Labute approximate surface area is 132 Å². The highest BCUT2D eigenvalue weighted by Gasteiger charge is 2.19. The summed E-state index contributed by atoms with van der Waals surface area (Å²) in [5, 5.41) is 0.735. The molecule has 1 amide bonds. The van der Waals surface area contributed by atoms with Crippen LogP contribution < -0.4 is 5.48 Å². The van der Waals surface area contributed by atoms with Crippen LogP contribution in [0.25, 0.3) is 11.0 Å². The minimum atomic E-state index is -4.08. The number of aryl methyl sites for hydroxylation is 1. The molecule has 0 radical (unpaired) electrons. The molecule has 0 aliphatic heterocycles. The summed E-state index contributed by atoms with van der Waals surface area (Å²) in [4.78, 5) is 11.9. The van der Waals surface area contributed by atoms with Crippen molar-refractivity contribution < 1.29 is 21.9 Å². The van der Waals surface area contributed by atoms with E-state index >= 15 is 0 Å². The summed E-state index contributed by atoms with van der Waals surface area (Å²) in [6.45, 7) is 1.83. The lowest BCUT2D eigenvalue weighted by atomic mass is 10.2. The van der Waals surface area contributed by atoms with Crippen molar-refractivity contribution in [1.82, 2.24) is 5.48 Å². The highest BCUT2D eigenvalue weighted by Crippen LogP contribution is 2.19. The summed E-state index contributed by atoms with van der Waals surface area (Å²) in [6.07, 6.45) is 0. The largest absolute Gasteiger partial charge is 0.451 e. The Kier molecular flexibility index (Phi) is 3.89. The van der Waals surface area contributed by atoms with Gasteiger partial charge in [-0.3, -0.25) is 4.79 Å². The van der Waals surface area contributed by atoms with E-state index in [1.807, 2.05) is 12.4 Å². The fourth-order valence-corrected chi connectivity index (χ4v) is 2.74. The van der Waals surface area contributed by atoms with Crippen LogP contribution in [0.5, 0.6) is 0 Å². The summed E-state index contributed by atoms with van der Waals surface area (Å²) in [5.41, 5.74) is 3.33. The molecule has 0 fully saturated rings. The lowest BCUT2D eigenvalue weighted by Gasteiger charge is -2.05. The summed E-state index contributed by atoms with van der Waals surface area (Å²) in [7, 11) is -4.08. The molecule has 23 heavy (non-hydrogen) atoms. The normalized spacial score (nSPS) is 11.5.